The van der Waals surface area contributed by atoms with Gasteiger partial charge in [0.15, 0.2) is 0 Å². The fourth-order valence-electron chi connectivity index (χ4n) is 0.224. The predicted octanol–water partition coefficient (Wildman–Crippen LogP) is 1.81. The van der Waals surface area contributed by atoms with Crippen molar-refractivity contribution < 1.29 is 1.43 Å². The van der Waals surface area contributed by atoms with Crippen molar-refractivity contribution >= 4 is 15.8 Å². The molecule has 0 aliphatic carbocycles. The Hall–Kier alpha value is 0.558. The molecule has 0 saturated heterocycles. The Kier molecular flexibility index (Phi) is 5.07. The van der Waals surface area contributed by atoms with E-state index in [4.69, 9.17) is 0 Å². The van der Waals surface area contributed by atoms with Crippen molar-refractivity contribution in [1.29, 1.82) is 0 Å². The number of hydrogen-bond donors (Lipinski definition) is 0. The van der Waals surface area contributed by atoms with E-state index in [1.807, 2.05) is 0 Å². The summed E-state index contributed by atoms with van der Waals surface area (Å²) in [6.07, 6.45) is 0. The molecule has 0 aliphatic rings. The molecule has 0 aromatic rings. The first-order chi connectivity index (χ1) is 2.41. The molecule has 0 unspecified atom stereocenters. The molecule has 0 heterocycles. The minimum atomic E-state index is 0. The zero-order chi connectivity index (χ0) is 4.12. The van der Waals surface area contributed by atoms with Crippen LogP contribution in [0.25, 0.3) is 0 Å². The summed E-state index contributed by atoms with van der Waals surface area (Å²) >= 11 is 0.743. The molecule has 0 saturated carbocycles. The Balaban J connectivity index is 0. The molecule has 0 nitrogen and oxygen atoms in total. The van der Waals surface area contributed by atoms with Crippen molar-refractivity contribution in [1.82, 2.24) is 0 Å². The van der Waals surface area contributed by atoms with Crippen LogP contribution in [0.2, 0.25) is 10.4 Å². The van der Waals surface area contributed by atoms with Gasteiger partial charge in [0, 0.05) is 1.43 Å². The smallest absolute Gasteiger partial charge is 0 e. The average Bonchev–Trinajstić information content (AvgIpc) is 1.41. The van der Waals surface area contributed by atoms with E-state index in [9.17, 15) is 0 Å². The molecule has 1 heteroatoms. The van der Waals surface area contributed by atoms with Crippen molar-refractivity contribution in [3.8, 4) is 0 Å². The second-order valence-corrected chi connectivity index (χ2v) is 4.45. The fraction of sp³-hybridized carbons (Fsp3) is 1.00. The monoisotopic (exact) mass is 135 g/mol. The van der Waals surface area contributed by atoms with Gasteiger partial charge in [-0.25, -0.2) is 0 Å². The van der Waals surface area contributed by atoms with Crippen LogP contribution >= 0.6 is 0 Å². The minimum Gasteiger partial charge on any atom is 0 e. The third-order valence-electron chi connectivity index (χ3n) is 0.447. The van der Waals surface area contributed by atoms with E-state index in [0.717, 1.165) is 15.8 Å². The van der Waals surface area contributed by atoms with Gasteiger partial charge in [0.05, 0.1) is 0 Å². The van der Waals surface area contributed by atoms with Crippen LogP contribution < -0.4 is 0 Å². The van der Waals surface area contributed by atoms with Crippen molar-refractivity contribution in [2.24, 2.45) is 0 Å². The topological polar surface area (TPSA) is 0 Å². The standard InChI is InChI=1S/C4H10As.H2/c1-3-5-4-2;/h3-4H2,1-2H3;1H. The van der Waals surface area contributed by atoms with E-state index in [1.54, 1.807) is 0 Å². The molecule has 0 spiro atoms. The van der Waals surface area contributed by atoms with E-state index < -0.39 is 0 Å². The summed E-state index contributed by atoms with van der Waals surface area (Å²) in [5.74, 6) is 0. The molecular formula is C4H12As. The molecule has 5 heavy (non-hydrogen) atoms. The van der Waals surface area contributed by atoms with Crippen LogP contribution in [0.3, 0.4) is 0 Å². The summed E-state index contributed by atoms with van der Waals surface area (Å²) in [6.45, 7) is 4.51. The Morgan fingerprint density at radius 2 is 1.80 bits per heavy atom. The quantitative estimate of drug-likeness (QED) is 0.506. The maximum atomic E-state index is 2.25. The molecule has 0 aromatic carbocycles. The first-order valence-corrected chi connectivity index (χ1v) is 4.70. The Labute approximate surface area is 42.1 Å². The number of rotatable bonds is 2. The van der Waals surface area contributed by atoms with Crippen LogP contribution in [0.1, 0.15) is 15.3 Å². The molecule has 1 radical (unpaired) electrons. The van der Waals surface area contributed by atoms with Gasteiger partial charge in [-0.1, -0.05) is 0 Å². The van der Waals surface area contributed by atoms with E-state index >= 15 is 0 Å². The van der Waals surface area contributed by atoms with Crippen molar-refractivity contribution in [2.75, 3.05) is 0 Å². The summed E-state index contributed by atoms with van der Waals surface area (Å²) in [4.78, 5) is 0. The van der Waals surface area contributed by atoms with E-state index in [2.05, 4.69) is 13.8 Å². The van der Waals surface area contributed by atoms with Crippen LogP contribution in [0.15, 0.2) is 0 Å². The summed E-state index contributed by atoms with van der Waals surface area (Å²) in [7, 11) is 0. The van der Waals surface area contributed by atoms with E-state index in [-0.39, 0.29) is 1.43 Å². The van der Waals surface area contributed by atoms with Gasteiger partial charge >= 0.3 is 40.0 Å². The third-order valence-corrected chi connectivity index (χ3v) is 2.32. The largest absolute Gasteiger partial charge is 0 e. The Morgan fingerprint density at radius 1 is 1.40 bits per heavy atom. The summed E-state index contributed by atoms with van der Waals surface area (Å²) < 4.78 is 0. The van der Waals surface area contributed by atoms with Gasteiger partial charge in [-0.15, -0.1) is 0 Å². The maximum absolute atomic E-state index is 2.25. The summed E-state index contributed by atoms with van der Waals surface area (Å²) in [5.41, 5.74) is 0. The van der Waals surface area contributed by atoms with Gasteiger partial charge in [0.2, 0.25) is 0 Å². The summed E-state index contributed by atoms with van der Waals surface area (Å²) in [5, 5.41) is 2.88. The zero-order valence-electron chi connectivity index (χ0n) is 3.86. The number of hydrogen-bond acceptors (Lipinski definition) is 0. The molecule has 0 atom stereocenters. The molecule has 0 rings (SSSR count). The molecule has 0 amide bonds. The van der Waals surface area contributed by atoms with Crippen LogP contribution in [0.4, 0.5) is 0 Å². The first-order valence-electron chi connectivity index (χ1n) is 2.05. The molecule has 0 bridgehead atoms. The first kappa shape index (κ1) is 5.56. The second-order valence-electron chi connectivity index (χ2n) is 0.856. The van der Waals surface area contributed by atoms with Crippen molar-refractivity contribution in [3.05, 3.63) is 0 Å². The van der Waals surface area contributed by atoms with Crippen LogP contribution in [-0.2, 0) is 0 Å². The Bertz CT molecular complexity index is 15.0. The normalized spacial score (nSPS) is 8.40. The van der Waals surface area contributed by atoms with Gasteiger partial charge in [0.25, 0.3) is 0 Å². The average molecular weight is 135 g/mol. The molecule has 33 valence electrons. The molecule has 0 fully saturated rings. The van der Waals surface area contributed by atoms with Gasteiger partial charge in [-0.2, -0.15) is 0 Å². The SMILES string of the molecule is CC[As]CC.[HH]. The molecule has 0 aromatic heterocycles. The van der Waals surface area contributed by atoms with Crippen LogP contribution in [-0.4, -0.2) is 15.8 Å². The van der Waals surface area contributed by atoms with Crippen molar-refractivity contribution in [2.45, 2.75) is 24.3 Å². The fourth-order valence-corrected chi connectivity index (χ4v) is 1.16. The molecular weight excluding hydrogens is 123 g/mol. The summed E-state index contributed by atoms with van der Waals surface area (Å²) in [6, 6.07) is 0. The van der Waals surface area contributed by atoms with E-state index in [1.165, 1.54) is 10.4 Å². The van der Waals surface area contributed by atoms with Gasteiger partial charge in [-0.05, 0) is 0 Å². The van der Waals surface area contributed by atoms with Gasteiger partial charge in [0.1, 0.15) is 0 Å². The Morgan fingerprint density at radius 3 is 1.80 bits per heavy atom. The maximum Gasteiger partial charge on any atom is 0 e. The van der Waals surface area contributed by atoms with E-state index in [0.29, 0.717) is 0 Å². The predicted molar refractivity (Wildman–Crippen MR) is 28.8 cm³/mol. The van der Waals surface area contributed by atoms with Crippen LogP contribution in [0, 0.1) is 0 Å². The van der Waals surface area contributed by atoms with Crippen molar-refractivity contribution in [3.63, 3.8) is 0 Å². The zero-order valence-corrected chi connectivity index (χ0v) is 5.74. The third kappa shape index (κ3) is 4.56. The second kappa shape index (κ2) is 4.56. The van der Waals surface area contributed by atoms with Crippen LogP contribution in [0.5, 0.6) is 0 Å². The molecule has 0 N–H and O–H groups in total. The minimum absolute atomic E-state index is 0. The van der Waals surface area contributed by atoms with Gasteiger partial charge < -0.3 is 0 Å². The van der Waals surface area contributed by atoms with Gasteiger partial charge in [-0.3, -0.25) is 0 Å². The molecule has 0 aliphatic heterocycles.